The van der Waals surface area contributed by atoms with Crippen molar-refractivity contribution in [2.45, 2.75) is 58.9 Å². The van der Waals surface area contributed by atoms with Gasteiger partial charge in [0.2, 0.25) is 0 Å². The van der Waals surface area contributed by atoms with Crippen molar-refractivity contribution in [3.63, 3.8) is 0 Å². The van der Waals surface area contributed by atoms with Gasteiger partial charge in [0.05, 0.1) is 12.5 Å². The van der Waals surface area contributed by atoms with Crippen LogP contribution >= 0.6 is 0 Å². The van der Waals surface area contributed by atoms with E-state index in [1.54, 1.807) is 6.92 Å². The Kier molecular flexibility index (Phi) is 6.35. The Morgan fingerprint density at radius 3 is 2.58 bits per heavy atom. The monoisotopic (exact) mass is 419 g/mol. The predicted molar refractivity (Wildman–Crippen MR) is 126 cm³/mol. The number of hydrogen-bond donors (Lipinski definition) is 1. The lowest BCUT2D eigenvalue weighted by Gasteiger charge is -2.17. The highest BCUT2D eigenvalue weighted by molar-refractivity contribution is 5.87. The molecule has 4 nitrogen and oxygen atoms in total. The molecule has 1 unspecified atom stereocenters. The molecule has 0 bridgehead atoms. The van der Waals surface area contributed by atoms with Gasteiger partial charge in [-0.3, -0.25) is 4.79 Å². The molecule has 1 saturated carbocycles. The molecule has 1 heterocycles. The zero-order valence-corrected chi connectivity index (χ0v) is 18.8. The Morgan fingerprint density at radius 2 is 1.87 bits per heavy atom. The van der Waals surface area contributed by atoms with Crippen LogP contribution in [0.15, 0.2) is 48.7 Å². The summed E-state index contributed by atoms with van der Waals surface area (Å²) >= 11 is 0. The highest BCUT2D eigenvalue weighted by Gasteiger charge is 2.18. The fourth-order valence-corrected chi connectivity index (χ4v) is 4.66. The summed E-state index contributed by atoms with van der Waals surface area (Å²) < 4.78 is 8.60. The minimum absolute atomic E-state index is 0.412. The largest absolute Gasteiger partial charge is 0.493 e. The molecule has 1 aromatic heterocycles. The van der Waals surface area contributed by atoms with Crippen molar-refractivity contribution in [1.82, 2.24) is 4.57 Å². The Bertz CT molecular complexity index is 1060. The lowest BCUT2D eigenvalue weighted by atomic mass is 9.95. The summed E-state index contributed by atoms with van der Waals surface area (Å²) in [6.07, 6.45) is 7.75. The summed E-state index contributed by atoms with van der Waals surface area (Å²) in [7, 11) is 0. The third-order valence-electron chi connectivity index (χ3n) is 6.54. The zero-order valence-electron chi connectivity index (χ0n) is 18.8. The van der Waals surface area contributed by atoms with Gasteiger partial charge >= 0.3 is 5.97 Å². The maximum Gasteiger partial charge on any atom is 0.306 e. The molecule has 1 aliphatic carbocycles. The van der Waals surface area contributed by atoms with Crippen LogP contribution in [0.25, 0.3) is 22.0 Å². The molecule has 4 heteroatoms. The third-order valence-corrected chi connectivity index (χ3v) is 6.54. The van der Waals surface area contributed by atoms with Gasteiger partial charge in [-0.2, -0.15) is 0 Å². The number of ether oxygens (including phenoxy) is 1. The summed E-state index contributed by atoms with van der Waals surface area (Å²) in [6.45, 7) is 6.89. The summed E-state index contributed by atoms with van der Waals surface area (Å²) in [5.74, 6) is 0.351. The summed E-state index contributed by atoms with van der Waals surface area (Å²) in [5, 5.41) is 10.5. The molecule has 0 spiro atoms. The van der Waals surface area contributed by atoms with E-state index in [-0.39, 0.29) is 0 Å². The van der Waals surface area contributed by atoms with E-state index in [1.807, 2.05) is 12.1 Å². The number of fused-ring (bicyclic) bond motifs is 1. The Hall–Kier alpha value is -2.75. The van der Waals surface area contributed by atoms with E-state index in [0.717, 1.165) is 29.0 Å². The molecule has 31 heavy (non-hydrogen) atoms. The van der Waals surface area contributed by atoms with Crippen LogP contribution in [0.3, 0.4) is 0 Å². The molecule has 1 aliphatic rings. The van der Waals surface area contributed by atoms with E-state index >= 15 is 0 Å². The molecule has 4 rings (SSSR count). The number of carboxylic acid groups (broad SMARTS) is 1. The van der Waals surface area contributed by atoms with Gasteiger partial charge in [0, 0.05) is 28.7 Å². The van der Waals surface area contributed by atoms with Crippen molar-refractivity contribution in [3.05, 3.63) is 54.2 Å². The fourth-order valence-electron chi connectivity index (χ4n) is 4.66. The zero-order chi connectivity index (χ0) is 22.0. The van der Waals surface area contributed by atoms with E-state index in [2.05, 4.69) is 54.9 Å². The quantitative estimate of drug-likeness (QED) is 0.441. The first-order valence-corrected chi connectivity index (χ1v) is 11.5. The maximum atomic E-state index is 11.4. The van der Waals surface area contributed by atoms with Crippen LogP contribution in [0.5, 0.6) is 5.75 Å². The number of carboxylic acids is 1. The van der Waals surface area contributed by atoms with E-state index in [9.17, 15) is 9.90 Å². The summed E-state index contributed by atoms with van der Waals surface area (Å²) in [6, 6.07) is 15.3. The summed E-state index contributed by atoms with van der Waals surface area (Å²) in [5.41, 5.74) is 4.41. The van der Waals surface area contributed by atoms with Gasteiger partial charge in [-0.25, -0.2) is 0 Å². The average Bonchev–Trinajstić information content (AvgIpc) is 3.41. The van der Waals surface area contributed by atoms with E-state index < -0.39 is 11.9 Å². The van der Waals surface area contributed by atoms with Gasteiger partial charge in [0.1, 0.15) is 5.75 Å². The van der Waals surface area contributed by atoms with Crippen molar-refractivity contribution in [2.75, 3.05) is 6.61 Å². The highest BCUT2D eigenvalue weighted by Crippen LogP contribution is 2.35. The lowest BCUT2D eigenvalue weighted by molar-refractivity contribution is -0.141. The van der Waals surface area contributed by atoms with Gasteiger partial charge < -0.3 is 14.4 Å². The van der Waals surface area contributed by atoms with Crippen molar-refractivity contribution >= 4 is 16.9 Å². The number of carbonyl (C=O) groups is 1. The highest BCUT2D eigenvalue weighted by atomic mass is 16.5. The molecule has 2 aromatic carbocycles. The number of aliphatic carboxylic acids is 1. The van der Waals surface area contributed by atoms with Crippen molar-refractivity contribution in [2.24, 2.45) is 11.8 Å². The molecule has 0 aliphatic heterocycles. The second-order valence-electron chi connectivity index (χ2n) is 9.33. The molecule has 1 fully saturated rings. The van der Waals surface area contributed by atoms with Crippen LogP contribution in [0.4, 0.5) is 0 Å². The van der Waals surface area contributed by atoms with Crippen LogP contribution in [0.2, 0.25) is 0 Å². The predicted octanol–water partition coefficient (Wildman–Crippen LogP) is 6.72. The number of hydrogen-bond acceptors (Lipinski definition) is 2. The lowest BCUT2D eigenvalue weighted by Crippen LogP contribution is -2.12. The Balaban J connectivity index is 1.69. The second-order valence-corrected chi connectivity index (χ2v) is 9.33. The minimum Gasteiger partial charge on any atom is -0.493 e. The molecule has 1 atom stereocenters. The number of nitrogens with zero attached hydrogens (tertiary/aromatic N) is 1. The molecule has 0 amide bonds. The Labute approximate surface area is 184 Å². The first-order chi connectivity index (χ1) is 14.9. The van der Waals surface area contributed by atoms with Gasteiger partial charge in [0.25, 0.3) is 0 Å². The Morgan fingerprint density at radius 1 is 1.10 bits per heavy atom. The first kappa shape index (κ1) is 21.5. The fraction of sp³-hybridized carbons (Fsp3) is 0.444. The summed E-state index contributed by atoms with van der Waals surface area (Å²) in [4.78, 5) is 11.4. The third kappa shape index (κ3) is 4.79. The average molecular weight is 420 g/mol. The molecule has 3 aromatic rings. The topological polar surface area (TPSA) is 51.5 Å². The van der Waals surface area contributed by atoms with Crippen molar-refractivity contribution in [1.29, 1.82) is 0 Å². The van der Waals surface area contributed by atoms with Crippen LogP contribution < -0.4 is 4.74 Å². The van der Waals surface area contributed by atoms with Gasteiger partial charge in [0.15, 0.2) is 0 Å². The van der Waals surface area contributed by atoms with E-state index in [0.29, 0.717) is 18.4 Å². The van der Waals surface area contributed by atoms with Crippen LogP contribution in [0.1, 0.15) is 58.1 Å². The molecular weight excluding hydrogens is 386 g/mol. The molecule has 1 N–H and O–H groups in total. The van der Waals surface area contributed by atoms with Crippen molar-refractivity contribution < 1.29 is 14.6 Å². The molecule has 0 radical (unpaired) electrons. The minimum atomic E-state index is -0.764. The van der Waals surface area contributed by atoms with Gasteiger partial charge in [-0.05, 0) is 80.5 Å². The maximum absolute atomic E-state index is 11.4. The molecule has 0 saturated heterocycles. The van der Waals surface area contributed by atoms with Crippen LogP contribution in [-0.2, 0) is 11.2 Å². The van der Waals surface area contributed by atoms with Crippen LogP contribution in [-0.4, -0.2) is 22.2 Å². The molecular formula is C27H33NO3. The molecule has 164 valence electrons. The number of rotatable bonds is 8. The second kappa shape index (κ2) is 9.17. The smallest absolute Gasteiger partial charge is 0.306 e. The van der Waals surface area contributed by atoms with Crippen LogP contribution in [0, 0.1) is 11.8 Å². The van der Waals surface area contributed by atoms with Gasteiger partial charge in [-0.15, -0.1) is 0 Å². The van der Waals surface area contributed by atoms with Gasteiger partial charge in [-0.1, -0.05) is 31.9 Å². The standard InChI is InChI=1S/C27H33NO3/c1-18(2)28-13-12-23-16-22(9-10-25(23)28)24-15-21(14-19(3)27(29)30)8-11-26(24)31-17-20-6-4-5-7-20/h8-13,15-16,18-20H,4-7,14,17H2,1-3H3,(H,29,30). The first-order valence-electron chi connectivity index (χ1n) is 11.5. The van der Waals surface area contributed by atoms with E-state index in [1.165, 1.54) is 36.6 Å². The van der Waals surface area contributed by atoms with E-state index in [4.69, 9.17) is 4.74 Å². The van der Waals surface area contributed by atoms with Crippen molar-refractivity contribution in [3.8, 4) is 16.9 Å². The SMILES string of the molecule is CC(Cc1ccc(OCC2CCCC2)c(-c2ccc3c(ccn3C(C)C)c2)c1)C(=O)O. The normalized spacial score (nSPS) is 15.6. The number of aromatic nitrogens is 1. The number of benzene rings is 2.